The molecule has 0 unspecified atom stereocenters. The molecular weight excluding hydrogens is 1170 g/mol. The normalized spacial score (nSPS) is 15.9. The molecule has 1 aliphatic heterocycles. The first-order valence-corrected chi connectivity index (χ1v) is 30.9. The number of nitrogens with two attached hydrogens (primary N) is 7. The number of amides is 11. The number of hydrogen-bond acceptors (Lipinski definition) is 20. The van der Waals surface area contributed by atoms with Crippen LogP contribution in [0.2, 0.25) is 0 Å². The van der Waals surface area contributed by atoms with E-state index in [1.807, 2.05) is 0 Å². The van der Waals surface area contributed by atoms with Crippen molar-refractivity contribution in [3.63, 3.8) is 0 Å². The predicted molar refractivity (Wildman–Crippen MR) is 332 cm³/mol. The fourth-order valence-electron chi connectivity index (χ4n) is 8.91. The number of aliphatic imine (C=N–C) groups is 1. The van der Waals surface area contributed by atoms with Crippen molar-refractivity contribution in [3.05, 3.63) is 0 Å². The van der Waals surface area contributed by atoms with Crippen LogP contribution in [-0.2, 0) is 57.5 Å². The number of carbonyl (C=O) groups excluding carboxylic acids is 11. The number of aliphatic carboxylic acids is 1. The summed E-state index contributed by atoms with van der Waals surface area (Å²) in [5.74, 6) is -10.4. The monoisotopic (exact) mass is 1270 g/mol. The van der Waals surface area contributed by atoms with Crippen LogP contribution in [0.3, 0.4) is 0 Å². The number of guanidine groups is 1. The summed E-state index contributed by atoms with van der Waals surface area (Å²) in [5.41, 5.74) is 39.9. The summed E-state index contributed by atoms with van der Waals surface area (Å²) in [5, 5.41) is 35.3. The molecule has 87 heavy (non-hydrogen) atoms. The molecule has 0 saturated carbocycles. The fraction of sp³-hybridized carbons (Fsp3) is 0.755. The third-order valence-corrected chi connectivity index (χ3v) is 14.7. The highest BCUT2D eigenvalue weighted by Crippen LogP contribution is 2.19. The molecule has 25 N–H and O–H groups in total. The number of nitrogens with zero attached hydrogens (tertiary/aromatic N) is 2. The lowest BCUT2D eigenvalue weighted by molar-refractivity contribution is -0.142. The highest BCUT2D eigenvalue weighted by molar-refractivity contribution is 7.80. The van der Waals surface area contributed by atoms with Crippen LogP contribution < -0.4 is 93.3 Å². The van der Waals surface area contributed by atoms with E-state index in [4.69, 9.17) is 40.1 Å². The molecule has 0 aromatic carbocycles. The predicted octanol–water partition coefficient (Wildman–Crippen LogP) is -6.39. The number of carboxylic acid groups (broad SMARTS) is 1. The van der Waals surface area contributed by atoms with Gasteiger partial charge in [-0.05, 0) is 142 Å². The van der Waals surface area contributed by atoms with E-state index in [1.54, 1.807) is 13.8 Å². The summed E-state index contributed by atoms with van der Waals surface area (Å²) < 4.78 is 0. The molecule has 10 atom stereocenters. The van der Waals surface area contributed by atoms with Gasteiger partial charge in [0.2, 0.25) is 65.0 Å². The lowest BCUT2D eigenvalue weighted by Gasteiger charge is -2.29. The second-order valence-electron chi connectivity index (χ2n) is 21.5. The van der Waals surface area contributed by atoms with Gasteiger partial charge in [-0.2, -0.15) is 25.3 Å². The lowest BCUT2D eigenvalue weighted by atomic mass is 10.0. The molecule has 34 heteroatoms. The van der Waals surface area contributed by atoms with E-state index < -0.39 is 150 Å². The highest BCUT2D eigenvalue weighted by Gasteiger charge is 2.38. The van der Waals surface area contributed by atoms with Gasteiger partial charge in [-0.1, -0.05) is 13.8 Å². The van der Waals surface area contributed by atoms with Crippen molar-refractivity contribution in [2.24, 2.45) is 51.0 Å². The van der Waals surface area contributed by atoms with E-state index in [9.17, 15) is 62.6 Å². The maximum absolute atomic E-state index is 14.5. The smallest absolute Gasteiger partial charge is 0.327 e. The number of likely N-dealkylation sites (tertiary alicyclic amines) is 1. The van der Waals surface area contributed by atoms with E-state index in [2.05, 4.69) is 83.4 Å². The summed E-state index contributed by atoms with van der Waals surface area (Å²) in [4.78, 5) is 166. The average Bonchev–Trinajstić information content (AvgIpc) is 3.21. The Bertz CT molecular complexity index is 2270. The maximum Gasteiger partial charge on any atom is 0.327 e. The van der Waals surface area contributed by atoms with Gasteiger partial charge in [0.1, 0.15) is 54.4 Å². The topological polar surface area (TPSA) is 543 Å². The van der Waals surface area contributed by atoms with Crippen molar-refractivity contribution < 1.29 is 62.6 Å². The zero-order chi connectivity index (χ0) is 65.6. The van der Waals surface area contributed by atoms with Crippen molar-refractivity contribution in [1.29, 1.82) is 0 Å². The van der Waals surface area contributed by atoms with Gasteiger partial charge in [0, 0.05) is 24.6 Å². The molecule has 11 amide bonds. The molecule has 0 aliphatic carbocycles. The van der Waals surface area contributed by atoms with Gasteiger partial charge in [0.05, 0.1) is 19.1 Å². The average molecular weight is 1270 g/mol. The quantitative estimate of drug-likeness (QED) is 0.0117. The van der Waals surface area contributed by atoms with Crippen molar-refractivity contribution in [1.82, 2.24) is 58.1 Å². The van der Waals surface area contributed by atoms with E-state index in [-0.39, 0.29) is 102 Å². The Hall–Kier alpha value is -6.59. The largest absolute Gasteiger partial charge is 0.480 e. The minimum atomic E-state index is -1.37. The molecule has 0 aromatic rings. The summed E-state index contributed by atoms with van der Waals surface area (Å²) >= 11 is 7.94. The first-order chi connectivity index (χ1) is 41.3. The second kappa shape index (κ2) is 43.9. The van der Waals surface area contributed by atoms with Crippen LogP contribution in [0.15, 0.2) is 4.99 Å². The van der Waals surface area contributed by atoms with Gasteiger partial charge in [-0.15, -0.1) is 0 Å². The number of carboxylic acids is 1. The molecular formula is C53H99N19O13S2. The Morgan fingerprint density at radius 3 is 1.33 bits per heavy atom. The zero-order valence-corrected chi connectivity index (χ0v) is 52.2. The van der Waals surface area contributed by atoms with Crippen LogP contribution in [0.4, 0.5) is 0 Å². The molecule has 1 saturated heterocycles. The number of nitrogens with one attached hydrogen (secondary N) is 10. The van der Waals surface area contributed by atoms with Crippen molar-refractivity contribution in [2.75, 3.05) is 63.9 Å². The Labute approximate surface area is 519 Å². The van der Waals surface area contributed by atoms with Gasteiger partial charge in [-0.3, -0.25) is 57.7 Å². The number of thiol groups is 2. The lowest BCUT2D eigenvalue weighted by Crippen LogP contribution is -2.60. The molecule has 0 aromatic heterocycles. The molecule has 1 heterocycles. The van der Waals surface area contributed by atoms with Crippen molar-refractivity contribution in [3.8, 4) is 0 Å². The third kappa shape index (κ3) is 30.7. The first kappa shape index (κ1) is 78.4. The first-order valence-electron chi connectivity index (χ1n) is 29.6. The second-order valence-corrected chi connectivity index (χ2v) is 22.2. The van der Waals surface area contributed by atoms with Crippen LogP contribution in [0, 0.1) is 5.92 Å². The minimum absolute atomic E-state index is 0.0149. The molecule has 1 fully saturated rings. The molecule has 0 bridgehead atoms. The Morgan fingerprint density at radius 1 is 0.517 bits per heavy atom. The molecule has 0 radical (unpaired) electrons. The summed E-state index contributed by atoms with van der Waals surface area (Å²) in [6, 6.07) is -12.2. The van der Waals surface area contributed by atoms with E-state index in [0.29, 0.717) is 57.8 Å². The third-order valence-electron chi connectivity index (χ3n) is 14.0. The molecule has 32 nitrogen and oxygen atoms in total. The van der Waals surface area contributed by atoms with Crippen LogP contribution in [0.25, 0.3) is 0 Å². The number of carbonyl (C=O) groups is 12. The summed E-state index contributed by atoms with van der Waals surface area (Å²) in [6.07, 6.45) is 4.02. The SMILES string of the molecule is CC(C)[C@H](NC(=O)[C@H](CCCCN)NC(=O)[C@H](CCCN=C(N)N)NC(=O)[C@H](CCCCN)NC(=O)[C@H](CCCCN)NC(=O)[C@H](CCCCN)NC(=O)[C@@H]1CCCN1C(=O)CNC(=O)[C@H](C)NC(=O)CNC(=O)[C@@H](N)CS)C(=O)N[C@@H](CS)C(=O)O. The van der Waals surface area contributed by atoms with Crippen LogP contribution in [0.1, 0.15) is 124 Å². The van der Waals surface area contributed by atoms with E-state index in [1.165, 1.54) is 11.8 Å². The van der Waals surface area contributed by atoms with Gasteiger partial charge in [0.15, 0.2) is 5.96 Å². The standard InChI is InChI=1S/C53H99N19O13S2/c1-30(2)42(51(83)70-38(29-87)52(84)85)71-49(81)36(17-7-11-23-57)67-48(80)37(18-12-24-61-53(59)60)68-46(78)34(15-5-9-21-55)65-45(77)33(14-4-8-20-54)66-47(79)35(16-6-10-22-56)69-50(82)39-19-13-25-72(39)41(74)27-63-43(75)31(3)64-40(73)26-62-44(76)32(58)28-86/h30-39,42,86-87H,4-29,54-58H2,1-3H3,(H,62,76)(H,63,75)(H,64,73)(H,65,77)(H,66,79)(H,67,80)(H,68,78)(H,69,82)(H,70,83)(H,71,81)(H,84,85)(H4,59,60,61)/t31-,32-,33-,34-,35-,36-,37-,38-,39-,42-/m0/s1. The Kier molecular flexibility index (Phi) is 39.6. The van der Waals surface area contributed by atoms with Crippen LogP contribution in [-0.4, -0.2) is 211 Å². The van der Waals surface area contributed by atoms with E-state index >= 15 is 0 Å². The van der Waals surface area contributed by atoms with Gasteiger partial charge < -0.3 is 103 Å². The fourth-order valence-corrected chi connectivity index (χ4v) is 9.32. The number of rotatable bonds is 45. The zero-order valence-electron chi connectivity index (χ0n) is 50.4. The number of unbranched alkanes of at least 4 members (excludes halogenated alkanes) is 4. The highest BCUT2D eigenvalue weighted by atomic mass is 32.1. The molecule has 496 valence electrons. The minimum Gasteiger partial charge on any atom is -0.480 e. The van der Waals surface area contributed by atoms with Crippen molar-refractivity contribution >= 4 is 102 Å². The summed E-state index contributed by atoms with van der Waals surface area (Å²) in [6.45, 7) is 4.80. The molecule has 1 aliphatic rings. The van der Waals surface area contributed by atoms with Crippen LogP contribution >= 0.6 is 25.3 Å². The summed E-state index contributed by atoms with van der Waals surface area (Å²) in [7, 11) is 0. The van der Waals surface area contributed by atoms with Gasteiger partial charge in [-0.25, -0.2) is 4.79 Å². The Balaban J connectivity index is 3.48. The Morgan fingerprint density at radius 2 is 0.931 bits per heavy atom. The van der Waals surface area contributed by atoms with Crippen molar-refractivity contribution in [2.45, 2.75) is 184 Å². The van der Waals surface area contributed by atoms with Gasteiger partial charge >= 0.3 is 5.97 Å². The van der Waals surface area contributed by atoms with Gasteiger partial charge in [0.25, 0.3) is 0 Å². The van der Waals surface area contributed by atoms with E-state index in [0.717, 1.165) is 0 Å². The maximum atomic E-state index is 14.5. The molecule has 0 spiro atoms. The van der Waals surface area contributed by atoms with Crippen LogP contribution in [0.5, 0.6) is 0 Å². The molecule has 1 rings (SSSR count). The number of hydrogen-bond donors (Lipinski definition) is 20.